The molecular weight excluding hydrogens is 222 g/mol. The Morgan fingerprint density at radius 3 is 1.36 bits per heavy atom. The van der Waals surface area contributed by atoms with Crippen molar-refractivity contribution in [3.05, 3.63) is 60.7 Å². The van der Waals surface area contributed by atoms with Gasteiger partial charge in [-0.1, -0.05) is 0 Å². The van der Waals surface area contributed by atoms with Crippen molar-refractivity contribution in [2.45, 2.75) is 0 Å². The first kappa shape index (κ1) is 15.7. The molecule has 0 aliphatic carbocycles. The Labute approximate surface area is 170 Å². The zero-order valence-electron chi connectivity index (χ0n) is 8.62. The summed E-state index contributed by atoms with van der Waals surface area (Å²) in [4.78, 5) is 0. The van der Waals surface area contributed by atoms with E-state index in [0.29, 0.717) is 0 Å². The molecule has 0 aromatic heterocycles. The fraction of sp³-hybridized carbons (Fsp3) is 0. The van der Waals surface area contributed by atoms with Gasteiger partial charge in [0.25, 0.3) is 0 Å². The van der Waals surface area contributed by atoms with Crippen LogP contribution in [0.25, 0.3) is 11.1 Å². The van der Waals surface area contributed by atoms with Crippen molar-refractivity contribution in [1.82, 2.24) is 0 Å². The largest absolute Gasteiger partial charge is 1.00 e. The Kier molecular flexibility index (Phi) is 9.90. The van der Waals surface area contributed by atoms with E-state index in [-0.39, 0.29) is 103 Å². The van der Waals surface area contributed by atoms with Crippen molar-refractivity contribution in [1.29, 1.82) is 0 Å². The second kappa shape index (κ2) is 8.82. The normalized spacial score (nSPS) is 8.29. The van der Waals surface area contributed by atoms with Crippen molar-refractivity contribution in [2.24, 2.45) is 0 Å². The molecule has 0 fully saturated rings. The molecule has 0 aliphatic heterocycles. The number of hydrogen-bond donors (Lipinski definition) is 0. The van der Waals surface area contributed by atoms with Gasteiger partial charge in [-0.2, -0.15) is 48.5 Å². The van der Waals surface area contributed by atoms with Crippen LogP contribution in [0.1, 0.15) is 0 Å². The van der Waals surface area contributed by atoms with Crippen molar-refractivity contribution in [3.63, 3.8) is 0 Å². The maximum Gasteiger partial charge on any atom is 1.00 e. The molecule has 0 bridgehead atoms. The molecule has 0 heterocycles. The van der Waals surface area contributed by atoms with E-state index in [9.17, 15) is 0 Å². The summed E-state index contributed by atoms with van der Waals surface area (Å²) in [5.41, 5.74) is 2.19. The molecule has 0 saturated carbocycles. The topological polar surface area (TPSA) is 0 Å². The summed E-state index contributed by atoms with van der Waals surface area (Å²) in [6, 6.07) is 22.1. The monoisotopic (exact) mass is 230 g/mol. The molecule has 0 aliphatic rings. The molecular formula is C12H8K2. The SMILES string of the molecule is [K+].[K+].[c-]1ccccc1-c1[c-]cccc1. The number of benzene rings is 2. The van der Waals surface area contributed by atoms with Crippen LogP contribution in [0.5, 0.6) is 0 Å². The Morgan fingerprint density at radius 2 is 1.07 bits per heavy atom. The maximum atomic E-state index is 3.15. The second-order valence-electron chi connectivity index (χ2n) is 2.55. The molecule has 0 saturated heterocycles. The summed E-state index contributed by atoms with van der Waals surface area (Å²) in [7, 11) is 0. The molecule has 0 spiro atoms. The molecule has 58 valence electrons. The van der Waals surface area contributed by atoms with Crippen molar-refractivity contribution in [3.8, 4) is 11.1 Å². The van der Waals surface area contributed by atoms with Gasteiger partial charge in [-0.05, 0) is 0 Å². The minimum Gasteiger partial charge on any atom is -0.226 e. The van der Waals surface area contributed by atoms with Gasteiger partial charge in [-0.25, -0.2) is 11.1 Å². The van der Waals surface area contributed by atoms with Crippen LogP contribution in [0.15, 0.2) is 48.5 Å². The van der Waals surface area contributed by atoms with E-state index in [2.05, 4.69) is 12.1 Å². The molecule has 2 heteroatoms. The zero-order chi connectivity index (χ0) is 8.23. The van der Waals surface area contributed by atoms with E-state index >= 15 is 0 Å². The smallest absolute Gasteiger partial charge is 0.226 e. The van der Waals surface area contributed by atoms with Gasteiger partial charge >= 0.3 is 103 Å². The van der Waals surface area contributed by atoms with E-state index in [1.807, 2.05) is 48.5 Å². The first-order valence-corrected chi connectivity index (χ1v) is 3.90. The van der Waals surface area contributed by atoms with Crippen LogP contribution in [0.2, 0.25) is 0 Å². The summed E-state index contributed by atoms with van der Waals surface area (Å²) in [6.07, 6.45) is 0. The van der Waals surface area contributed by atoms with Gasteiger partial charge < -0.3 is 0 Å². The molecule has 0 atom stereocenters. The Balaban J connectivity index is 0.000000845. The van der Waals surface area contributed by atoms with Gasteiger partial charge in [-0.3, -0.25) is 0 Å². The third kappa shape index (κ3) is 4.70. The molecule has 0 unspecified atom stereocenters. The molecule has 0 amide bonds. The van der Waals surface area contributed by atoms with E-state index in [1.54, 1.807) is 0 Å². The molecule has 0 nitrogen and oxygen atoms in total. The standard InChI is InChI=1S/C12H8.2K/c1-3-7-11(8-4-1)12-9-5-2-6-10-12;;/h1-7,9H;;/q-2;2*+1. The Bertz CT molecular complexity index is 306. The van der Waals surface area contributed by atoms with Crippen LogP contribution in [-0.4, -0.2) is 0 Å². The molecule has 0 N–H and O–H groups in total. The summed E-state index contributed by atoms with van der Waals surface area (Å²) in [6.45, 7) is 0. The third-order valence-corrected chi connectivity index (χ3v) is 1.71. The average molecular weight is 230 g/mol. The fourth-order valence-electron chi connectivity index (χ4n) is 1.12. The van der Waals surface area contributed by atoms with Crippen molar-refractivity contribution >= 4 is 0 Å². The predicted octanol–water partition coefficient (Wildman–Crippen LogP) is -3.04. The Hall–Kier alpha value is 1.71. The van der Waals surface area contributed by atoms with Gasteiger partial charge in [0, 0.05) is 0 Å². The van der Waals surface area contributed by atoms with Gasteiger partial charge in [0.05, 0.1) is 0 Å². The molecule has 0 radical (unpaired) electrons. The first-order valence-electron chi connectivity index (χ1n) is 3.90. The van der Waals surface area contributed by atoms with E-state index < -0.39 is 0 Å². The average Bonchev–Trinajstić information content (AvgIpc) is 2.21. The van der Waals surface area contributed by atoms with Crippen LogP contribution >= 0.6 is 0 Å². The number of rotatable bonds is 1. The zero-order valence-corrected chi connectivity index (χ0v) is 14.9. The molecule has 14 heavy (non-hydrogen) atoms. The fourth-order valence-corrected chi connectivity index (χ4v) is 1.12. The minimum absolute atomic E-state index is 0. The Morgan fingerprint density at radius 1 is 0.643 bits per heavy atom. The van der Waals surface area contributed by atoms with E-state index in [1.165, 1.54) is 0 Å². The molecule has 2 rings (SSSR count). The van der Waals surface area contributed by atoms with Crippen LogP contribution < -0.4 is 103 Å². The van der Waals surface area contributed by atoms with Crippen molar-refractivity contribution < 1.29 is 103 Å². The van der Waals surface area contributed by atoms with Gasteiger partial charge in [0.1, 0.15) is 0 Å². The second-order valence-corrected chi connectivity index (χ2v) is 2.55. The minimum atomic E-state index is 0. The van der Waals surface area contributed by atoms with Crippen LogP contribution in [0.3, 0.4) is 0 Å². The first-order chi connectivity index (χ1) is 5.97. The third-order valence-electron chi connectivity index (χ3n) is 1.71. The molecule has 2 aromatic rings. The maximum absolute atomic E-state index is 3.15. The predicted molar refractivity (Wildman–Crippen MR) is 49.6 cm³/mol. The van der Waals surface area contributed by atoms with Gasteiger partial charge in [0.15, 0.2) is 0 Å². The summed E-state index contributed by atoms with van der Waals surface area (Å²) < 4.78 is 0. The summed E-state index contributed by atoms with van der Waals surface area (Å²) in [5, 5.41) is 0. The van der Waals surface area contributed by atoms with Crippen LogP contribution in [0.4, 0.5) is 0 Å². The summed E-state index contributed by atoms with van der Waals surface area (Å²) >= 11 is 0. The van der Waals surface area contributed by atoms with Gasteiger partial charge in [-0.15, -0.1) is 12.1 Å². The summed E-state index contributed by atoms with van der Waals surface area (Å²) in [5.74, 6) is 0. The van der Waals surface area contributed by atoms with Crippen LogP contribution in [-0.2, 0) is 0 Å². The van der Waals surface area contributed by atoms with E-state index in [4.69, 9.17) is 0 Å². The van der Waals surface area contributed by atoms with Crippen molar-refractivity contribution in [2.75, 3.05) is 0 Å². The van der Waals surface area contributed by atoms with Crippen LogP contribution in [0, 0.1) is 12.1 Å². The molecule has 2 aromatic carbocycles. The quantitative estimate of drug-likeness (QED) is 0.361. The van der Waals surface area contributed by atoms with Gasteiger partial charge in [0.2, 0.25) is 0 Å². The number of hydrogen-bond acceptors (Lipinski definition) is 0. The van der Waals surface area contributed by atoms with E-state index in [0.717, 1.165) is 11.1 Å².